The largest absolute Gasteiger partial charge is 0.488 e. The van der Waals surface area contributed by atoms with Crippen LogP contribution in [0.4, 0.5) is 0 Å². The summed E-state index contributed by atoms with van der Waals surface area (Å²) in [7, 11) is 0. The Morgan fingerprint density at radius 3 is 2.34 bits per heavy atom. The molecule has 0 atom stereocenters. The van der Waals surface area contributed by atoms with Crippen molar-refractivity contribution in [3.63, 3.8) is 0 Å². The molecule has 0 bridgehead atoms. The zero-order valence-corrected chi connectivity index (χ0v) is 16.5. The quantitative estimate of drug-likeness (QED) is 0.434. The van der Waals surface area contributed by atoms with Crippen LogP contribution in [0.2, 0.25) is 0 Å². The molecule has 29 heavy (non-hydrogen) atoms. The van der Waals surface area contributed by atoms with E-state index in [2.05, 4.69) is 44.2 Å². The summed E-state index contributed by atoms with van der Waals surface area (Å²) in [5.74, 6) is -0.620. The lowest BCUT2D eigenvalue weighted by atomic mass is 9.99. The predicted molar refractivity (Wildman–Crippen MR) is 117 cm³/mol. The lowest BCUT2D eigenvalue weighted by molar-refractivity contribution is 0.0692. The molecule has 3 heteroatoms. The van der Waals surface area contributed by atoms with Crippen LogP contribution in [-0.4, -0.2) is 11.1 Å². The van der Waals surface area contributed by atoms with E-state index in [0.717, 1.165) is 27.5 Å². The van der Waals surface area contributed by atoms with E-state index >= 15 is 0 Å². The van der Waals surface area contributed by atoms with Crippen LogP contribution < -0.4 is 4.74 Å². The SMILES string of the molecule is Cc1ccc(-c2ccc(C(=O)O)c(OCc3cccc4ccccc34)c2)cc1C. The maximum Gasteiger partial charge on any atom is 0.339 e. The molecule has 0 spiro atoms. The summed E-state index contributed by atoms with van der Waals surface area (Å²) in [6.45, 7) is 4.45. The number of hydrogen-bond acceptors (Lipinski definition) is 2. The Balaban J connectivity index is 1.69. The number of carbonyl (C=O) groups is 1. The Kier molecular flexibility index (Phi) is 5.05. The molecule has 0 saturated heterocycles. The molecule has 144 valence electrons. The molecule has 0 radical (unpaired) electrons. The summed E-state index contributed by atoms with van der Waals surface area (Å²) >= 11 is 0. The van der Waals surface area contributed by atoms with E-state index < -0.39 is 5.97 Å². The molecule has 0 saturated carbocycles. The first kappa shape index (κ1) is 18.8. The summed E-state index contributed by atoms with van der Waals surface area (Å²) in [4.78, 5) is 11.7. The third kappa shape index (κ3) is 3.85. The second-order valence-electron chi connectivity index (χ2n) is 7.24. The number of ether oxygens (including phenoxy) is 1. The van der Waals surface area contributed by atoms with Crippen LogP contribution >= 0.6 is 0 Å². The fraction of sp³-hybridized carbons (Fsp3) is 0.115. The van der Waals surface area contributed by atoms with Gasteiger partial charge >= 0.3 is 5.97 Å². The molecule has 3 nitrogen and oxygen atoms in total. The average molecular weight is 382 g/mol. The van der Waals surface area contributed by atoms with Gasteiger partial charge in [0, 0.05) is 0 Å². The number of hydrogen-bond donors (Lipinski definition) is 1. The molecule has 0 amide bonds. The Morgan fingerprint density at radius 2 is 1.55 bits per heavy atom. The van der Waals surface area contributed by atoms with Crippen molar-refractivity contribution in [2.45, 2.75) is 20.5 Å². The standard InChI is InChI=1S/C26H22O3/c1-17-10-11-20(14-18(17)2)21-12-13-24(26(27)28)25(15-21)29-16-22-8-5-7-19-6-3-4-9-23(19)22/h3-15H,16H2,1-2H3,(H,27,28). The zero-order chi connectivity index (χ0) is 20.4. The van der Waals surface area contributed by atoms with Crippen molar-refractivity contribution in [1.29, 1.82) is 0 Å². The summed E-state index contributed by atoms with van der Waals surface area (Å²) in [5.41, 5.74) is 5.59. The fourth-order valence-electron chi connectivity index (χ4n) is 3.49. The zero-order valence-electron chi connectivity index (χ0n) is 16.5. The van der Waals surface area contributed by atoms with E-state index in [1.54, 1.807) is 6.07 Å². The Labute approximate surface area is 170 Å². The van der Waals surface area contributed by atoms with Gasteiger partial charge < -0.3 is 9.84 Å². The van der Waals surface area contributed by atoms with Crippen molar-refractivity contribution in [3.05, 3.63) is 101 Å². The number of aryl methyl sites for hydroxylation is 2. The molecule has 0 aliphatic rings. The summed E-state index contributed by atoms with van der Waals surface area (Å²) in [6.07, 6.45) is 0. The maximum atomic E-state index is 11.7. The lowest BCUT2D eigenvalue weighted by Crippen LogP contribution is -2.04. The predicted octanol–water partition coefficient (Wildman–Crippen LogP) is 6.40. The number of carboxylic acids is 1. The number of carboxylic acid groups (broad SMARTS) is 1. The van der Waals surface area contributed by atoms with Crippen molar-refractivity contribution in [2.24, 2.45) is 0 Å². The third-order valence-corrected chi connectivity index (χ3v) is 5.32. The van der Waals surface area contributed by atoms with Gasteiger partial charge in [-0.2, -0.15) is 0 Å². The monoisotopic (exact) mass is 382 g/mol. The molecule has 0 unspecified atom stereocenters. The lowest BCUT2D eigenvalue weighted by Gasteiger charge is -2.13. The molecule has 4 aromatic rings. The molecule has 0 aromatic heterocycles. The van der Waals surface area contributed by atoms with E-state index in [1.807, 2.05) is 42.5 Å². The molecule has 4 rings (SSSR count). The normalized spacial score (nSPS) is 10.8. The van der Waals surface area contributed by atoms with E-state index in [0.29, 0.717) is 12.4 Å². The molecule has 0 fully saturated rings. The van der Waals surface area contributed by atoms with Crippen molar-refractivity contribution >= 4 is 16.7 Å². The first-order valence-electron chi connectivity index (χ1n) is 9.57. The molecular formula is C26H22O3. The van der Waals surface area contributed by atoms with Gasteiger partial charge in [0.2, 0.25) is 0 Å². The van der Waals surface area contributed by atoms with Crippen LogP contribution in [0, 0.1) is 13.8 Å². The van der Waals surface area contributed by atoms with Crippen molar-refractivity contribution in [3.8, 4) is 16.9 Å². The minimum Gasteiger partial charge on any atom is -0.488 e. The number of benzene rings is 4. The molecule has 0 aliphatic carbocycles. The van der Waals surface area contributed by atoms with Gasteiger partial charge in [0.05, 0.1) is 0 Å². The molecule has 0 aliphatic heterocycles. The number of aromatic carboxylic acids is 1. The van der Waals surface area contributed by atoms with E-state index in [4.69, 9.17) is 4.74 Å². The highest BCUT2D eigenvalue weighted by Gasteiger charge is 2.14. The van der Waals surface area contributed by atoms with Crippen LogP contribution in [0.25, 0.3) is 21.9 Å². The van der Waals surface area contributed by atoms with Gasteiger partial charge in [0.25, 0.3) is 0 Å². The first-order valence-corrected chi connectivity index (χ1v) is 9.57. The Hall–Kier alpha value is -3.59. The highest BCUT2D eigenvalue weighted by Crippen LogP contribution is 2.30. The topological polar surface area (TPSA) is 46.5 Å². The van der Waals surface area contributed by atoms with Gasteiger partial charge in [-0.1, -0.05) is 66.7 Å². The fourth-order valence-corrected chi connectivity index (χ4v) is 3.49. The highest BCUT2D eigenvalue weighted by molar-refractivity contribution is 5.92. The first-order chi connectivity index (χ1) is 14.0. The molecule has 4 aromatic carbocycles. The van der Waals surface area contributed by atoms with Gasteiger partial charge in [-0.05, 0) is 64.6 Å². The van der Waals surface area contributed by atoms with Gasteiger partial charge in [0.1, 0.15) is 17.9 Å². The summed E-state index contributed by atoms with van der Waals surface area (Å²) in [5, 5.41) is 11.8. The van der Waals surface area contributed by atoms with E-state index in [9.17, 15) is 9.90 Å². The van der Waals surface area contributed by atoms with Crippen LogP contribution in [0.5, 0.6) is 5.75 Å². The third-order valence-electron chi connectivity index (χ3n) is 5.32. The minimum atomic E-state index is -0.996. The van der Waals surface area contributed by atoms with Crippen LogP contribution in [-0.2, 0) is 6.61 Å². The van der Waals surface area contributed by atoms with Crippen molar-refractivity contribution in [1.82, 2.24) is 0 Å². The van der Waals surface area contributed by atoms with Crippen LogP contribution in [0.1, 0.15) is 27.0 Å². The van der Waals surface area contributed by atoms with Gasteiger partial charge in [0.15, 0.2) is 0 Å². The van der Waals surface area contributed by atoms with Crippen molar-refractivity contribution < 1.29 is 14.6 Å². The maximum absolute atomic E-state index is 11.7. The van der Waals surface area contributed by atoms with E-state index in [-0.39, 0.29) is 5.56 Å². The second-order valence-corrected chi connectivity index (χ2v) is 7.24. The van der Waals surface area contributed by atoms with Gasteiger partial charge in [-0.3, -0.25) is 0 Å². The van der Waals surface area contributed by atoms with Gasteiger partial charge in [-0.25, -0.2) is 4.79 Å². The van der Waals surface area contributed by atoms with Gasteiger partial charge in [-0.15, -0.1) is 0 Å². The number of fused-ring (bicyclic) bond motifs is 1. The summed E-state index contributed by atoms with van der Waals surface area (Å²) < 4.78 is 6.03. The average Bonchev–Trinajstić information content (AvgIpc) is 2.74. The Morgan fingerprint density at radius 1 is 0.828 bits per heavy atom. The van der Waals surface area contributed by atoms with Crippen LogP contribution in [0.15, 0.2) is 78.9 Å². The molecular weight excluding hydrogens is 360 g/mol. The van der Waals surface area contributed by atoms with Crippen molar-refractivity contribution in [2.75, 3.05) is 0 Å². The molecule has 0 heterocycles. The highest BCUT2D eigenvalue weighted by atomic mass is 16.5. The van der Waals surface area contributed by atoms with E-state index in [1.165, 1.54) is 11.1 Å². The second kappa shape index (κ2) is 7.80. The van der Waals surface area contributed by atoms with Crippen LogP contribution in [0.3, 0.4) is 0 Å². The minimum absolute atomic E-state index is 0.165. The summed E-state index contributed by atoms with van der Waals surface area (Å²) in [6, 6.07) is 25.7. The smallest absolute Gasteiger partial charge is 0.339 e. The number of rotatable bonds is 5. The molecule has 1 N–H and O–H groups in total. The Bertz CT molecular complexity index is 1200.